The molecule has 0 radical (unpaired) electrons. The van der Waals surface area contributed by atoms with Gasteiger partial charge in [0, 0.05) is 17.7 Å². The van der Waals surface area contributed by atoms with Gasteiger partial charge in [-0.2, -0.15) is 8.42 Å². The summed E-state index contributed by atoms with van der Waals surface area (Å²) in [5.41, 5.74) is 1.00. The fourth-order valence-electron chi connectivity index (χ4n) is 2.36. The molecule has 2 aromatic carbocycles. The highest BCUT2D eigenvalue weighted by Crippen LogP contribution is 2.27. The van der Waals surface area contributed by atoms with Crippen LogP contribution in [0.25, 0.3) is 11.0 Å². The Morgan fingerprint density at radius 3 is 2.44 bits per heavy atom. The van der Waals surface area contributed by atoms with Crippen molar-refractivity contribution in [3.8, 4) is 5.75 Å². The molecule has 0 saturated carbocycles. The summed E-state index contributed by atoms with van der Waals surface area (Å²) in [5.74, 6) is -0.112. The van der Waals surface area contributed by atoms with Crippen LogP contribution in [0.3, 0.4) is 0 Å². The molecular weight excluding hydrogens is 346 g/mol. The minimum Gasteiger partial charge on any atom is -0.507 e. The molecule has 0 spiro atoms. The molecule has 1 aromatic heterocycles. The Morgan fingerprint density at radius 1 is 1.12 bits per heavy atom. The van der Waals surface area contributed by atoms with E-state index >= 15 is 0 Å². The van der Waals surface area contributed by atoms with Crippen molar-refractivity contribution in [3.05, 3.63) is 64.0 Å². The first kappa shape index (κ1) is 16.9. The molecular formula is C17H13NO6S. The maximum Gasteiger partial charge on any atom is 0.336 e. The molecule has 0 aliphatic carbocycles. The fourth-order valence-corrected chi connectivity index (χ4v) is 2.84. The summed E-state index contributed by atoms with van der Waals surface area (Å²) >= 11 is 0. The molecule has 1 heterocycles. The summed E-state index contributed by atoms with van der Waals surface area (Å²) in [6.45, 7) is 1.76. The van der Waals surface area contributed by atoms with Gasteiger partial charge in [-0.1, -0.05) is 0 Å². The molecule has 0 bridgehead atoms. The molecule has 0 atom stereocenters. The Morgan fingerprint density at radius 2 is 1.80 bits per heavy atom. The van der Waals surface area contributed by atoms with Crippen molar-refractivity contribution >= 4 is 33.0 Å². The summed E-state index contributed by atoms with van der Waals surface area (Å²) in [7, 11) is -4.27. The van der Waals surface area contributed by atoms with E-state index in [0.29, 0.717) is 16.6 Å². The lowest BCUT2D eigenvalue weighted by Gasteiger charge is -2.05. The van der Waals surface area contributed by atoms with Gasteiger partial charge in [0.25, 0.3) is 10.1 Å². The van der Waals surface area contributed by atoms with Crippen LogP contribution in [0.15, 0.2) is 61.6 Å². The number of rotatable bonds is 3. The maximum atomic E-state index is 11.6. The lowest BCUT2D eigenvalue weighted by molar-refractivity contribution is 0.472. The molecule has 0 saturated heterocycles. The number of fused-ring (bicyclic) bond motifs is 1. The third kappa shape index (κ3) is 3.44. The molecule has 7 nitrogen and oxygen atoms in total. The number of hydrogen-bond acceptors (Lipinski definition) is 6. The highest BCUT2D eigenvalue weighted by Gasteiger charge is 2.11. The van der Waals surface area contributed by atoms with Gasteiger partial charge in [-0.15, -0.1) is 0 Å². The van der Waals surface area contributed by atoms with Gasteiger partial charge in [-0.25, -0.2) is 4.79 Å². The Hall–Kier alpha value is -2.97. The molecule has 2 N–H and O–H groups in total. The molecule has 8 heteroatoms. The minimum atomic E-state index is -4.27. The second-order valence-corrected chi connectivity index (χ2v) is 6.77. The average molecular weight is 359 g/mol. The van der Waals surface area contributed by atoms with Crippen molar-refractivity contribution in [2.75, 3.05) is 0 Å². The van der Waals surface area contributed by atoms with Crippen LogP contribution in [-0.2, 0) is 10.1 Å². The van der Waals surface area contributed by atoms with Crippen molar-refractivity contribution in [1.82, 2.24) is 0 Å². The van der Waals surface area contributed by atoms with E-state index in [-0.39, 0.29) is 21.8 Å². The van der Waals surface area contributed by atoms with Gasteiger partial charge in [0.15, 0.2) is 5.58 Å². The van der Waals surface area contributed by atoms with Crippen LogP contribution < -0.4 is 5.63 Å². The molecule has 3 rings (SSSR count). The maximum absolute atomic E-state index is 11.6. The van der Waals surface area contributed by atoms with Gasteiger partial charge in [-0.3, -0.25) is 9.55 Å². The van der Waals surface area contributed by atoms with Gasteiger partial charge < -0.3 is 9.52 Å². The van der Waals surface area contributed by atoms with Gasteiger partial charge in [0.05, 0.1) is 16.1 Å². The second-order valence-electron chi connectivity index (χ2n) is 5.35. The summed E-state index contributed by atoms with van der Waals surface area (Å²) < 4.78 is 36.2. The number of phenolic OH excluding ortho intramolecular Hbond substituents is 1. The van der Waals surface area contributed by atoms with Gasteiger partial charge in [-0.05, 0) is 48.9 Å². The number of aryl methyl sites for hydroxylation is 1. The Kier molecular flexibility index (Phi) is 4.15. The second kappa shape index (κ2) is 6.15. The molecule has 25 heavy (non-hydrogen) atoms. The zero-order valence-electron chi connectivity index (χ0n) is 13.0. The SMILES string of the molecule is Cc1cc(=O)oc2c(C=Nc3ccc(S(=O)(=O)O)cc3)c(O)ccc12. The number of phenols is 1. The number of nitrogens with zero attached hydrogens (tertiary/aromatic N) is 1. The molecule has 0 amide bonds. The van der Waals surface area contributed by atoms with Crippen LogP contribution in [0.1, 0.15) is 11.1 Å². The van der Waals surface area contributed by atoms with Gasteiger partial charge in [0.2, 0.25) is 0 Å². The Bertz CT molecular complexity index is 1140. The fraction of sp³-hybridized carbons (Fsp3) is 0.0588. The minimum absolute atomic E-state index is 0.112. The quantitative estimate of drug-likeness (QED) is 0.422. The highest BCUT2D eigenvalue weighted by atomic mass is 32.2. The predicted molar refractivity (Wildman–Crippen MR) is 92.4 cm³/mol. The van der Waals surface area contributed by atoms with E-state index in [1.807, 2.05) is 0 Å². The standard InChI is InChI=1S/C17H13NO6S/c1-10-8-16(20)24-17-13(10)6-7-15(19)14(17)9-18-11-2-4-12(5-3-11)25(21,22)23/h2-9,19H,1H3,(H,21,22,23). The molecule has 0 fully saturated rings. The summed E-state index contributed by atoms with van der Waals surface area (Å²) in [6, 6.07) is 9.66. The third-order valence-electron chi connectivity index (χ3n) is 3.61. The van der Waals surface area contributed by atoms with Crippen molar-refractivity contribution in [3.63, 3.8) is 0 Å². The average Bonchev–Trinajstić information content (AvgIpc) is 2.53. The van der Waals surface area contributed by atoms with Crippen LogP contribution in [-0.4, -0.2) is 24.3 Å². The van der Waals surface area contributed by atoms with E-state index in [0.717, 1.165) is 0 Å². The lowest BCUT2D eigenvalue weighted by atomic mass is 10.1. The number of hydrogen-bond donors (Lipinski definition) is 2. The normalized spacial score (nSPS) is 12.1. The van der Waals surface area contributed by atoms with Crippen molar-refractivity contribution in [2.45, 2.75) is 11.8 Å². The monoisotopic (exact) mass is 359 g/mol. The van der Waals surface area contributed by atoms with Crippen LogP contribution in [0.5, 0.6) is 5.75 Å². The first-order valence-corrected chi connectivity index (χ1v) is 8.58. The van der Waals surface area contributed by atoms with Gasteiger partial charge >= 0.3 is 5.63 Å². The molecule has 0 aliphatic heterocycles. The van der Waals surface area contributed by atoms with Gasteiger partial charge in [0.1, 0.15) is 5.75 Å². The van der Waals surface area contributed by atoms with Crippen LogP contribution in [0.4, 0.5) is 5.69 Å². The molecule has 128 valence electrons. The van der Waals surface area contributed by atoms with E-state index < -0.39 is 15.7 Å². The van der Waals surface area contributed by atoms with E-state index in [4.69, 9.17) is 8.97 Å². The molecule has 0 unspecified atom stereocenters. The Balaban J connectivity index is 2.07. The summed E-state index contributed by atoms with van der Waals surface area (Å²) in [4.78, 5) is 15.5. The molecule has 3 aromatic rings. The zero-order chi connectivity index (χ0) is 18.2. The van der Waals surface area contributed by atoms with E-state index in [1.165, 1.54) is 42.6 Å². The number of aliphatic imine (C=N–C) groups is 1. The third-order valence-corrected chi connectivity index (χ3v) is 4.48. The first-order chi connectivity index (χ1) is 11.8. The molecule has 0 aliphatic rings. The van der Waals surface area contributed by atoms with Crippen molar-refractivity contribution in [2.24, 2.45) is 4.99 Å². The summed E-state index contributed by atoms with van der Waals surface area (Å²) in [5, 5.41) is 10.7. The smallest absolute Gasteiger partial charge is 0.336 e. The van der Waals surface area contributed by atoms with Crippen LogP contribution in [0.2, 0.25) is 0 Å². The van der Waals surface area contributed by atoms with E-state index in [1.54, 1.807) is 13.0 Å². The largest absolute Gasteiger partial charge is 0.507 e. The first-order valence-electron chi connectivity index (χ1n) is 7.14. The number of aromatic hydroxyl groups is 1. The van der Waals surface area contributed by atoms with E-state index in [2.05, 4.69) is 4.99 Å². The number of benzene rings is 2. The van der Waals surface area contributed by atoms with Crippen LogP contribution >= 0.6 is 0 Å². The van der Waals surface area contributed by atoms with Crippen LogP contribution in [0, 0.1) is 6.92 Å². The van der Waals surface area contributed by atoms with E-state index in [9.17, 15) is 18.3 Å². The highest BCUT2D eigenvalue weighted by molar-refractivity contribution is 7.85. The summed E-state index contributed by atoms with van der Waals surface area (Å²) in [6.07, 6.45) is 1.32. The topological polar surface area (TPSA) is 117 Å². The Labute approximate surface area is 142 Å². The lowest BCUT2D eigenvalue weighted by Crippen LogP contribution is -2.00. The zero-order valence-corrected chi connectivity index (χ0v) is 13.8. The predicted octanol–water partition coefficient (Wildman–Crippen LogP) is 2.80. The van der Waals surface area contributed by atoms with Crippen molar-refractivity contribution < 1.29 is 22.5 Å². The van der Waals surface area contributed by atoms with Crippen molar-refractivity contribution in [1.29, 1.82) is 0 Å².